The number of hydrogen-bond donors (Lipinski definition) is 2. The van der Waals surface area contributed by atoms with Crippen molar-refractivity contribution in [2.75, 3.05) is 18.0 Å². The SMILES string of the molecule is CC[C@H](N)[C@H]1CCN(c2c(F)cc3c(=O)c(C(=O)O)cn(C4CC4)c3c2F)C1. The first-order valence-electron chi connectivity index (χ1n) is 9.64. The number of carboxylic acid groups (broad SMARTS) is 1. The number of rotatable bonds is 5. The van der Waals surface area contributed by atoms with Gasteiger partial charge < -0.3 is 20.3 Å². The molecular formula is C20H23F2N3O3. The van der Waals surface area contributed by atoms with E-state index in [9.17, 15) is 19.1 Å². The third-order valence-corrected chi connectivity index (χ3v) is 5.97. The number of aromatic carboxylic acids is 1. The number of nitrogens with zero attached hydrogens (tertiary/aromatic N) is 2. The maximum atomic E-state index is 15.5. The second kappa shape index (κ2) is 6.84. The highest BCUT2D eigenvalue weighted by Gasteiger charge is 2.34. The Morgan fingerprint density at radius 3 is 2.68 bits per heavy atom. The first kappa shape index (κ1) is 18.9. The molecule has 3 N–H and O–H groups in total. The fraction of sp³-hybridized carbons (Fsp3) is 0.500. The maximum absolute atomic E-state index is 15.5. The number of fused-ring (bicyclic) bond motifs is 1. The van der Waals surface area contributed by atoms with Crippen LogP contribution in [-0.4, -0.2) is 34.8 Å². The van der Waals surface area contributed by atoms with Crippen LogP contribution in [-0.2, 0) is 0 Å². The van der Waals surface area contributed by atoms with E-state index in [1.165, 1.54) is 10.8 Å². The molecule has 1 saturated heterocycles. The lowest BCUT2D eigenvalue weighted by molar-refractivity contribution is 0.0695. The van der Waals surface area contributed by atoms with Crippen LogP contribution in [0.4, 0.5) is 14.5 Å². The zero-order valence-electron chi connectivity index (χ0n) is 15.6. The Morgan fingerprint density at radius 1 is 1.36 bits per heavy atom. The number of carbonyl (C=O) groups is 1. The minimum absolute atomic E-state index is 0.0165. The molecule has 0 bridgehead atoms. The zero-order chi connectivity index (χ0) is 20.2. The first-order chi connectivity index (χ1) is 13.3. The molecule has 1 aromatic heterocycles. The van der Waals surface area contributed by atoms with Crippen molar-refractivity contribution in [3.8, 4) is 0 Å². The van der Waals surface area contributed by atoms with Gasteiger partial charge in [0.1, 0.15) is 17.1 Å². The Labute approximate surface area is 160 Å². The van der Waals surface area contributed by atoms with E-state index in [-0.39, 0.29) is 34.6 Å². The number of aromatic nitrogens is 1. The van der Waals surface area contributed by atoms with Crippen molar-refractivity contribution in [2.24, 2.45) is 11.7 Å². The molecule has 0 amide bonds. The van der Waals surface area contributed by atoms with Crippen LogP contribution in [0.5, 0.6) is 0 Å². The molecule has 2 atom stereocenters. The van der Waals surface area contributed by atoms with E-state index >= 15 is 4.39 Å². The molecule has 2 heterocycles. The molecule has 0 spiro atoms. The summed E-state index contributed by atoms with van der Waals surface area (Å²) in [6.07, 6.45) is 4.26. The highest BCUT2D eigenvalue weighted by molar-refractivity contribution is 5.94. The molecule has 2 aromatic rings. The van der Waals surface area contributed by atoms with Gasteiger partial charge >= 0.3 is 5.97 Å². The van der Waals surface area contributed by atoms with Gasteiger partial charge in [0, 0.05) is 31.4 Å². The van der Waals surface area contributed by atoms with Crippen LogP contribution in [0.25, 0.3) is 10.9 Å². The van der Waals surface area contributed by atoms with Crippen LogP contribution < -0.4 is 16.1 Å². The van der Waals surface area contributed by atoms with Gasteiger partial charge in [-0.25, -0.2) is 13.6 Å². The Kier molecular flexibility index (Phi) is 4.61. The van der Waals surface area contributed by atoms with Crippen molar-refractivity contribution >= 4 is 22.6 Å². The highest BCUT2D eigenvalue weighted by Crippen LogP contribution is 2.40. The predicted octanol–water partition coefficient (Wildman–Crippen LogP) is 2.88. The summed E-state index contributed by atoms with van der Waals surface area (Å²) < 4.78 is 31.9. The summed E-state index contributed by atoms with van der Waals surface area (Å²) in [6.45, 7) is 2.92. The third kappa shape index (κ3) is 2.96. The number of carboxylic acids is 1. The smallest absolute Gasteiger partial charge is 0.341 e. The van der Waals surface area contributed by atoms with Gasteiger partial charge in [-0.15, -0.1) is 0 Å². The van der Waals surface area contributed by atoms with Crippen LogP contribution in [0.15, 0.2) is 17.1 Å². The largest absolute Gasteiger partial charge is 0.477 e. The quantitative estimate of drug-likeness (QED) is 0.818. The molecule has 1 aromatic carbocycles. The van der Waals surface area contributed by atoms with Crippen molar-refractivity contribution in [2.45, 2.75) is 44.7 Å². The number of pyridine rings is 1. The summed E-state index contributed by atoms with van der Waals surface area (Å²) in [7, 11) is 0. The van der Waals surface area contributed by atoms with E-state index in [1.54, 1.807) is 4.90 Å². The van der Waals surface area contributed by atoms with Crippen LogP contribution in [0, 0.1) is 17.6 Å². The van der Waals surface area contributed by atoms with Gasteiger partial charge in [0.2, 0.25) is 5.43 Å². The van der Waals surface area contributed by atoms with Gasteiger partial charge in [-0.05, 0) is 37.7 Å². The first-order valence-corrected chi connectivity index (χ1v) is 9.64. The van der Waals surface area contributed by atoms with E-state index in [0.29, 0.717) is 13.1 Å². The average Bonchev–Trinajstić information content (AvgIpc) is 3.39. The molecule has 1 aliphatic carbocycles. The third-order valence-electron chi connectivity index (χ3n) is 5.97. The zero-order valence-corrected chi connectivity index (χ0v) is 15.6. The van der Waals surface area contributed by atoms with Crippen LogP contribution in [0.1, 0.15) is 49.0 Å². The number of anilines is 1. The lowest BCUT2D eigenvalue weighted by Gasteiger charge is -2.23. The monoisotopic (exact) mass is 391 g/mol. The maximum Gasteiger partial charge on any atom is 0.341 e. The second-order valence-corrected chi connectivity index (χ2v) is 7.80. The average molecular weight is 391 g/mol. The van der Waals surface area contributed by atoms with Crippen molar-refractivity contribution < 1.29 is 18.7 Å². The van der Waals surface area contributed by atoms with Crippen LogP contribution in [0.3, 0.4) is 0 Å². The Balaban J connectivity index is 1.89. The molecule has 2 aliphatic rings. The number of hydrogen-bond acceptors (Lipinski definition) is 4. The molecule has 2 fully saturated rings. The molecule has 150 valence electrons. The Hall–Kier alpha value is -2.48. The van der Waals surface area contributed by atoms with Gasteiger partial charge in [-0.2, -0.15) is 0 Å². The molecular weight excluding hydrogens is 368 g/mol. The summed E-state index contributed by atoms with van der Waals surface area (Å²) in [6, 6.07) is 0.877. The normalized spacial score (nSPS) is 20.7. The molecule has 0 radical (unpaired) electrons. The highest BCUT2D eigenvalue weighted by atomic mass is 19.1. The molecule has 4 rings (SSSR count). The molecule has 8 heteroatoms. The standard InChI is InChI=1S/C20H23F2N3O3/c1-2-15(23)10-5-6-24(8-10)18-14(21)7-12-17(16(18)22)25(11-3-4-11)9-13(19(12)26)20(27)28/h7,9-11,15H,2-6,8,23H2,1H3,(H,27,28)/t10-,15-/m0/s1. The molecule has 28 heavy (non-hydrogen) atoms. The van der Waals surface area contributed by atoms with Gasteiger partial charge in [0.15, 0.2) is 5.82 Å². The number of halogens is 2. The number of nitrogens with two attached hydrogens (primary N) is 1. The van der Waals surface area contributed by atoms with E-state index < -0.39 is 28.6 Å². The van der Waals surface area contributed by atoms with Crippen molar-refractivity contribution in [3.63, 3.8) is 0 Å². The number of benzene rings is 1. The molecule has 0 unspecified atom stereocenters. The topological polar surface area (TPSA) is 88.6 Å². The van der Waals surface area contributed by atoms with Crippen molar-refractivity contribution in [3.05, 3.63) is 39.7 Å². The molecule has 1 saturated carbocycles. The summed E-state index contributed by atoms with van der Waals surface area (Å²) >= 11 is 0. The van der Waals surface area contributed by atoms with Gasteiger partial charge in [-0.3, -0.25) is 4.79 Å². The minimum Gasteiger partial charge on any atom is -0.477 e. The lowest BCUT2D eigenvalue weighted by atomic mass is 9.98. The van der Waals surface area contributed by atoms with Gasteiger partial charge in [0.25, 0.3) is 0 Å². The van der Waals surface area contributed by atoms with Crippen molar-refractivity contribution in [1.82, 2.24) is 4.57 Å². The summed E-state index contributed by atoms with van der Waals surface area (Å²) in [4.78, 5) is 25.6. The summed E-state index contributed by atoms with van der Waals surface area (Å²) in [5.74, 6) is -2.90. The Bertz CT molecular complexity index is 1020. The lowest BCUT2D eigenvalue weighted by Crippen LogP contribution is -2.32. The fourth-order valence-electron chi connectivity index (χ4n) is 4.19. The van der Waals surface area contributed by atoms with Crippen LogP contribution >= 0.6 is 0 Å². The van der Waals surface area contributed by atoms with E-state index in [4.69, 9.17) is 5.73 Å². The van der Waals surface area contributed by atoms with Crippen LogP contribution in [0.2, 0.25) is 0 Å². The fourth-order valence-corrected chi connectivity index (χ4v) is 4.19. The second-order valence-electron chi connectivity index (χ2n) is 7.80. The van der Waals surface area contributed by atoms with Crippen molar-refractivity contribution in [1.29, 1.82) is 0 Å². The van der Waals surface area contributed by atoms with E-state index in [2.05, 4.69) is 0 Å². The molecule has 6 nitrogen and oxygen atoms in total. The van der Waals surface area contributed by atoms with Gasteiger partial charge in [-0.1, -0.05) is 6.92 Å². The van der Waals surface area contributed by atoms with E-state index in [0.717, 1.165) is 31.7 Å². The van der Waals surface area contributed by atoms with E-state index in [1.807, 2.05) is 6.92 Å². The predicted molar refractivity (Wildman–Crippen MR) is 102 cm³/mol. The van der Waals surface area contributed by atoms with Gasteiger partial charge in [0.05, 0.1) is 10.9 Å². The molecule has 1 aliphatic heterocycles. The Morgan fingerprint density at radius 2 is 2.07 bits per heavy atom. The summed E-state index contributed by atoms with van der Waals surface area (Å²) in [5.41, 5.74) is 4.60. The minimum atomic E-state index is -1.40. The summed E-state index contributed by atoms with van der Waals surface area (Å²) in [5, 5.41) is 9.07.